The lowest BCUT2D eigenvalue weighted by Gasteiger charge is -2.32. The second-order valence-electron chi connectivity index (χ2n) is 6.73. The van der Waals surface area contributed by atoms with Crippen molar-refractivity contribution in [3.8, 4) is 0 Å². The molecule has 0 radical (unpaired) electrons. The third-order valence-electron chi connectivity index (χ3n) is 4.95. The van der Waals surface area contributed by atoms with Crippen molar-refractivity contribution in [1.82, 2.24) is 24.4 Å². The lowest BCUT2D eigenvalue weighted by Crippen LogP contribution is -2.38. The second-order valence-corrected chi connectivity index (χ2v) is 6.73. The minimum absolute atomic E-state index is 0.166. The molecule has 1 aliphatic rings. The summed E-state index contributed by atoms with van der Waals surface area (Å²) in [5.41, 5.74) is 1.48. The number of likely N-dealkylation sites (tertiary alicyclic amines) is 1. The van der Waals surface area contributed by atoms with Gasteiger partial charge in [0.05, 0.1) is 11.8 Å². The zero-order valence-electron chi connectivity index (χ0n) is 14.8. The third-order valence-corrected chi connectivity index (χ3v) is 4.95. The van der Waals surface area contributed by atoms with Gasteiger partial charge in [0.1, 0.15) is 11.6 Å². The maximum Gasteiger partial charge on any atom is 0.255 e. The van der Waals surface area contributed by atoms with Gasteiger partial charge in [0, 0.05) is 56.5 Å². The second kappa shape index (κ2) is 7.65. The van der Waals surface area contributed by atoms with Crippen LogP contribution in [0, 0.1) is 5.82 Å². The van der Waals surface area contributed by atoms with Crippen LogP contribution in [0.25, 0.3) is 0 Å². The summed E-state index contributed by atoms with van der Waals surface area (Å²) < 4.78 is 15.5. The van der Waals surface area contributed by atoms with E-state index < -0.39 is 5.82 Å². The van der Waals surface area contributed by atoms with Crippen LogP contribution >= 0.6 is 0 Å². The molecule has 6 nitrogen and oxygen atoms in total. The summed E-state index contributed by atoms with van der Waals surface area (Å²) in [6, 6.07) is 5.24. The molecule has 138 valence electrons. The van der Waals surface area contributed by atoms with E-state index in [9.17, 15) is 9.18 Å². The Bertz CT molecular complexity index is 919. The molecule has 4 rings (SSSR count). The maximum atomic E-state index is 13.3. The van der Waals surface area contributed by atoms with Crippen LogP contribution in [0.15, 0.2) is 55.4 Å². The van der Waals surface area contributed by atoms with Gasteiger partial charge in [-0.25, -0.2) is 9.37 Å². The van der Waals surface area contributed by atoms with Crippen molar-refractivity contribution < 1.29 is 9.18 Å². The Hall–Kier alpha value is -3.09. The summed E-state index contributed by atoms with van der Waals surface area (Å²) in [4.78, 5) is 26.7. The minimum Gasteiger partial charge on any atom is -0.339 e. The molecule has 0 atom stereocenters. The molecular formula is C20H20FN5O. The number of hydrogen-bond acceptors (Lipinski definition) is 4. The summed E-state index contributed by atoms with van der Waals surface area (Å²) >= 11 is 0. The van der Waals surface area contributed by atoms with Crippen LogP contribution < -0.4 is 0 Å². The molecule has 1 saturated heterocycles. The molecule has 27 heavy (non-hydrogen) atoms. The molecule has 0 saturated carbocycles. The zero-order chi connectivity index (χ0) is 18.6. The van der Waals surface area contributed by atoms with Gasteiger partial charge in [-0.3, -0.25) is 14.8 Å². The molecule has 0 spiro atoms. The highest BCUT2D eigenvalue weighted by Crippen LogP contribution is 2.28. The standard InChI is InChI=1S/C20H20FN5O/c21-18-11-17(12-23-13-18)20(27)25-8-3-16(4-9-25)19-24-7-10-26(19)14-15-1-5-22-6-2-15/h1-2,5-7,10-13,16H,3-4,8-9,14H2. The molecule has 3 aromatic heterocycles. The predicted octanol–water partition coefficient (Wildman–Crippen LogP) is 2.88. The molecule has 0 aromatic carbocycles. The Morgan fingerprint density at radius 2 is 1.89 bits per heavy atom. The van der Waals surface area contributed by atoms with Crippen LogP contribution in [0.1, 0.15) is 40.5 Å². The SMILES string of the molecule is O=C(c1cncc(F)c1)N1CCC(c2nccn2Cc2ccncc2)CC1. The highest BCUT2D eigenvalue weighted by atomic mass is 19.1. The molecule has 4 heterocycles. The smallest absolute Gasteiger partial charge is 0.255 e. The molecule has 3 aromatic rings. The van der Waals surface area contributed by atoms with E-state index in [1.807, 2.05) is 24.5 Å². The van der Waals surface area contributed by atoms with E-state index in [0.717, 1.165) is 31.4 Å². The molecule has 1 fully saturated rings. The molecule has 0 aliphatic carbocycles. The molecule has 1 aliphatic heterocycles. The van der Waals surface area contributed by atoms with Gasteiger partial charge in [0.25, 0.3) is 5.91 Å². The number of imidazole rings is 1. The first kappa shape index (κ1) is 17.3. The number of piperidine rings is 1. The highest BCUT2D eigenvalue weighted by Gasteiger charge is 2.27. The van der Waals surface area contributed by atoms with Crippen molar-refractivity contribution >= 4 is 5.91 Å². The van der Waals surface area contributed by atoms with Gasteiger partial charge in [-0.2, -0.15) is 0 Å². The third kappa shape index (κ3) is 3.86. The van der Waals surface area contributed by atoms with E-state index in [4.69, 9.17) is 0 Å². The summed E-state index contributed by atoms with van der Waals surface area (Å²) in [5, 5.41) is 0. The number of halogens is 1. The first-order valence-electron chi connectivity index (χ1n) is 9.00. The Balaban J connectivity index is 1.41. The van der Waals surface area contributed by atoms with Crippen molar-refractivity contribution in [1.29, 1.82) is 0 Å². The number of carbonyl (C=O) groups is 1. The number of carbonyl (C=O) groups excluding carboxylic acids is 1. The molecular weight excluding hydrogens is 345 g/mol. The number of amides is 1. The molecule has 7 heteroatoms. The van der Waals surface area contributed by atoms with Gasteiger partial charge in [0.2, 0.25) is 0 Å². The summed E-state index contributed by atoms with van der Waals surface area (Å²) in [6.45, 7) is 2.01. The van der Waals surface area contributed by atoms with E-state index in [2.05, 4.69) is 19.5 Å². The first-order valence-corrected chi connectivity index (χ1v) is 9.00. The Labute approximate surface area is 156 Å². The van der Waals surface area contributed by atoms with Crippen molar-refractivity contribution in [2.45, 2.75) is 25.3 Å². The maximum absolute atomic E-state index is 13.3. The highest BCUT2D eigenvalue weighted by molar-refractivity contribution is 5.93. The minimum atomic E-state index is -0.492. The van der Waals surface area contributed by atoms with Gasteiger partial charge in [-0.1, -0.05) is 0 Å². The van der Waals surface area contributed by atoms with E-state index in [1.165, 1.54) is 17.8 Å². The quantitative estimate of drug-likeness (QED) is 0.713. The monoisotopic (exact) mass is 365 g/mol. The predicted molar refractivity (Wildman–Crippen MR) is 97.6 cm³/mol. The number of pyridine rings is 2. The largest absolute Gasteiger partial charge is 0.339 e. The lowest BCUT2D eigenvalue weighted by molar-refractivity contribution is 0.0709. The summed E-state index contributed by atoms with van der Waals surface area (Å²) in [7, 11) is 0. The van der Waals surface area contributed by atoms with Crippen molar-refractivity contribution in [3.63, 3.8) is 0 Å². The topological polar surface area (TPSA) is 63.9 Å². The van der Waals surface area contributed by atoms with Gasteiger partial charge in [-0.05, 0) is 36.6 Å². The number of rotatable bonds is 4. The van der Waals surface area contributed by atoms with Gasteiger partial charge in [0.15, 0.2) is 0 Å². The van der Waals surface area contributed by atoms with Crippen LogP contribution in [0.5, 0.6) is 0 Å². The van der Waals surface area contributed by atoms with E-state index in [-0.39, 0.29) is 5.91 Å². The van der Waals surface area contributed by atoms with Crippen molar-refractivity contribution in [2.24, 2.45) is 0 Å². The first-order chi connectivity index (χ1) is 13.2. The number of hydrogen-bond donors (Lipinski definition) is 0. The fourth-order valence-corrected chi connectivity index (χ4v) is 3.55. The van der Waals surface area contributed by atoms with E-state index in [0.29, 0.717) is 24.6 Å². The van der Waals surface area contributed by atoms with E-state index >= 15 is 0 Å². The fraction of sp³-hybridized carbons (Fsp3) is 0.300. The number of aromatic nitrogens is 4. The Kier molecular flexibility index (Phi) is 4.91. The normalized spacial score (nSPS) is 15.1. The number of nitrogens with zero attached hydrogens (tertiary/aromatic N) is 5. The van der Waals surface area contributed by atoms with Crippen LogP contribution in [0.3, 0.4) is 0 Å². The van der Waals surface area contributed by atoms with Gasteiger partial charge < -0.3 is 9.47 Å². The van der Waals surface area contributed by atoms with Crippen LogP contribution in [0.2, 0.25) is 0 Å². The summed E-state index contributed by atoms with van der Waals surface area (Å²) in [6.07, 6.45) is 11.6. The fourth-order valence-electron chi connectivity index (χ4n) is 3.55. The molecule has 0 bridgehead atoms. The van der Waals surface area contributed by atoms with Crippen LogP contribution in [-0.2, 0) is 6.54 Å². The molecule has 0 N–H and O–H groups in total. The molecule has 0 unspecified atom stereocenters. The Morgan fingerprint density at radius 1 is 1.11 bits per heavy atom. The van der Waals surface area contributed by atoms with Crippen molar-refractivity contribution in [3.05, 3.63) is 78.1 Å². The van der Waals surface area contributed by atoms with E-state index in [1.54, 1.807) is 17.3 Å². The van der Waals surface area contributed by atoms with Crippen molar-refractivity contribution in [2.75, 3.05) is 13.1 Å². The Morgan fingerprint density at radius 3 is 2.63 bits per heavy atom. The van der Waals surface area contributed by atoms with Crippen LogP contribution in [0.4, 0.5) is 4.39 Å². The van der Waals surface area contributed by atoms with Gasteiger partial charge >= 0.3 is 0 Å². The average molecular weight is 365 g/mol. The lowest BCUT2D eigenvalue weighted by atomic mass is 9.95. The molecule has 1 amide bonds. The zero-order valence-corrected chi connectivity index (χ0v) is 14.8. The van der Waals surface area contributed by atoms with Crippen LogP contribution in [-0.4, -0.2) is 43.4 Å². The van der Waals surface area contributed by atoms with Gasteiger partial charge in [-0.15, -0.1) is 0 Å². The summed E-state index contributed by atoms with van der Waals surface area (Å²) in [5.74, 6) is 0.692. The average Bonchev–Trinajstić information content (AvgIpc) is 3.16.